The Hall–Kier alpha value is -2.85. The minimum absolute atomic E-state index is 0.212. The molecule has 0 atom stereocenters. The lowest BCUT2D eigenvalue weighted by molar-refractivity contribution is 0.0953. The summed E-state index contributed by atoms with van der Waals surface area (Å²) in [5.74, 6) is 0.191. The first-order chi connectivity index (χ1) is 14.0. The highest BCUT2D eigenvalue weighted by atomic mass is 35.5. The Balaban J connectivity index is 1.73. The largest absolute Gasteiger partial charge is 0.355 e. The minimum Gasteiger partial charge on any atom is -0.355 e. The van der Waals surface area contributed by atoms with Crippen molar-refractivity contribution in [3.05, 3.63) is 88.8 Å². The fourth-order valence-corrected chi connectivity index (χ4v) is 3.75. The number of hydrogen-bond acceptors (Lipinski definition) is 3. The van der Waals surface area contributed by atoms with Gasteiger partial charge >= 0.3 is 0 Å². The van der Waals surface area contributed by atoms with Crippen LogP contribution in [0, 0.1) is 6.92 Å². The molecule has 0 spiro atoms. The number of fused-ring (bicyclic) bond motifs is 1. The lowest BCUT2D eigenvalue weighted by atomic mass is 9.97. The summed E-state index contributed by atoms with van der Waals surface area (Å²) in [5.41, 5.74) is 5.36. The molecular formula is C24H25ClN2O2. The van der Waals surface area contributed by atoms with Crippen LogP contribution in [-0.4, -0.2) is 17.6 Å². The number of nitrogens with one attached hydrogen (secondary N) is 1. The maximum Gasteiger partial charge on any atom is 0.257 e. The number of amides is 1. The molecule has 1 aliphatic rings. The Bertz CT molecular complexity index is 998. The monoisotopic (exact) mass is 408 g/mol. The molecule has 1 amide bonds. The van der Waals surface area contributed by atoms with Crippen LogP contribution < -0.4 is 5.32 Å². The van der Waals surface area contributed by atoms with Gasteiger partial charge in [-0.2, -0.15) is 0 Å². The van der Waals surface area contributed by atoms with Gasteiger partial charge in [0, 0.05) is 17.1 Å². The molecule has 0 bridgehead atoms. The number of nitrogens with zero attached hydrogens (tertiary/aromatic N) is 1. The van der Waals surface area contributed by atoms with Gasteiger partial charge < -0.3 is 9.84 Å². The number of halogens is 1. The van der Waals surface area contributed by atoms with Crippen molar-refractivity contribution in [2.75, 3.05) is 6.54 Å². The van der Waals surface area contributed by atoms with Gasteiger partial charge in [0.1, 0.15) is 5.56 Å². The van der Waals surface area contributed by atoms with Crippen LogP contribution in [0.2, 0.25) is 5.02 Å². The van der Waals surface area contributed by atoms with Crippen molar-refractivity contribution in [1.29, 1.82) is 0 Å². The molecule has 0 saturated carbocycles. The average molecular weight is 409 g/mol. The van der Waals surface area contributed by atoms with Crippen molar-refractivity contribution in [3.8, 4) is 0 Å². The lowest BCUT2D eigenvalue weighted by Gasteiger charge is -2.12. The molecule has 4 nitrogen and oxygen atoms in total. The summed E-state index contributed by atoms with van der Waals surface area (Å²) in [6.45, 7) is 9.72. The summed E-state index contributed by atoms with van der Waals surface area (Å²) in [7, 11) is 0. The summed E-state index contributed by atoms with van der Waals surface area (Å²) < 4.78 is 5.37. The van der Waals surface area contributed by atoms with Gasteiger partial charge in [-0.25, -0.2) is 0 Å². The highest BCUT2D eigenvalue weighted by Gasteiger charge is 2.22. The predicted molar refractivity (Wildman–Crippen MR) is 119 cm³/mol. The number of benzene rings is 1. The van der Waals surface area contributed by atoms with E-state index in [1.54, 1.807) is 25.2 Å². The summed E-state index contributed by atoms with van der Waals surface area (Å²) in [6.07, 6.45) is 11.2. The molecule has 1 aliphatic carbocycles. The third-order valence-corrected chi connectivity index (χ3v) is 5.24. The number of rotatable bonds is 7. The fraction of sp³-hybridized carbons (Fsp3) is 0.250. The summed E-state index contributed by atoms with van der Waals surface area (Å²) in [4.78, 5) is 12.8. The third kappa shape index (κ3) is 4.77. The Morgan fingerprint density at radius 3 is 2.97 bits per heavy atom. The van der Waals surface area contributed by atoms with Gasteiger partial charge in [-0.15, -0.1) is 0 Å². The smallest absolute Gasteiger partial charge is 0.257 e. The first kappa shape index (κ1) is 20.9. The molecule has 1 aromatic heterocycles. The molecular weight excluding hydrogens is 384 g/mol. The fourth-order valence-electron chi connectivity index (χ4n) is 3.58. The van der Waals surface area contributed by atoms with Crippen molar-refractivity contribution in [1.82, 2.24) is 10.5 Å². The zero-order chi connectivity index (χ0) is 20.8. The molecule has 3 rings (SSSR count). The van der Waals surface area contributed by atoms with Gasteiger partial charge in [-0.1, -0.05) is 60.3 Å². The molecule has 29 heavy (non-hydrogen) atoms. The summed E-state index contributed by atoms with van der Waals surface area (Å²) in [6, 6.07) is 6.06. The van der Waals surface area contributed by atoms with E-state index in [1.807, 2.05) is 12.1 Å². The standard InChI is InChI=1S/C24H25ClN2O2/c1-4-8-17(5-2)23-22(16(3)27-29-23)24(28)26-14-13-19-10-7-6-9-18-11-12-20(25)15-21(18)19/h4-5,8,10-12,15H,1-2,6-7,9,13-14H2,3H3,(H,26,28)/b17-8+. The van der Waals surface area contributed by atoms with Crippen LogP contribution in [0.4, 0.5) is 0 Å². The van der Waals surface area contributed by atoms with E-state index in [2.05, 4.69) is 35.8 Å². The third-order valence-electron chi connectivity index (χ3n) is 5.01. The molecule has 1 N–H and O–H groups in total. The van der Waals surface area contributed by atoms with Gasteiger partial charge in [0.15, 0.2) is 5.76 Å². The quantitative estimate of drug-likeness (QED) is 0.577. The summed E-state index contributed by atoms with van der Waals surface area (Å²) in [5, 5.41) is 7.69. The first-order valence-corrected chi connectivity index (χ1v) is 10.1. The van der Waals surface area contributed by atoms with Crippen molar-refractivity contribution in [3.63, 3.8) is 0 Å². The van der Waals surface area contributed by atoms with Crippen molar-refractivity contribution in [2.24, 2.45) is 0 Å². The van der Waals surface area contributed by atoms with Crippen molar-refractivity contribution < 1.29 is 9.32 Å². The predicted octanol–water partition coefficient (Wildman–Crippen LogP) is 5.93. The highest BCUT2D eigenvalue weighted by Crippen LogP contribution is 2.30. The molecule has 1 heterocycles. The van der Waals surface area contributed by atoms with Gasteiger partial charge in [0.2, 0.25) is 0 Å². The SMILES string of the molecule is C=C/C=C(\C=C)c1onc(C)c1C(=O)NCCC1=CCCCc2ccc(Cl)cc21. The van der Waals surface area contributed by atoms with Crippen LogP contribution in [0.1, 0.15) is 52.2 Å². The molecule has 5 heteroatoms. The Kier molecular flexibility index (Phi) is 6.89. The number of allylic oxidation sites excluding steroid dienone is 5. The number of carbonyl (C=O) groups excluding carboxylic acids is 1. The van der Waals surface area contributed by atoms with Gasteiger partial charge in [-0.05, 0) is 61.4 Å². The minimum atomic E-state index is -0.212. The molecule has 150 valence electrons. The second-order valence-electron chi connectivity index (χ2n) is 6.96. The number of carbonyl (C=O) groups is 1. The number of aryl methyl sites for hydroxylation is 2. The van der Waals surface area contributed by atoms with E-state index in [-0.39, 0.29) is 5.91 Å². The van der Waals surface area contributed by atoms with E-state index in [0.717, 1.165) is 30.7 Å². The lowest BCUT2D eigenvalue weighted by Crippen LogP contribution is -2.25. The molecule has 0 radical (unpaired) electrons. The first-order valence-electron chi connectivity index (χ1n) is 9.73. The molecule has 0 saturated heterocycles. The second kappa shape index (κ2) is 9.57. The zero-order valence-electron chi connectivity index (χ0n) is 16.6. The van der Waals surface area contributed by atoms with Crippen LogP contribution in [0.3, 0.4) is 0 Å². The molecule has 0 fully saturated rings. The van der Waals surface area contributed by atoms with Crippen LogP contribution in [0.5, 0.6) is 0 Å². The Labute approximate surface area is 176 Å². The van der Waals surface area contributed by atoms with E-state index in [9.17, 15) is 4.79 Å². The molecule has 0 aliphatic heterocycles. The topological polar surface area (TPSA) is 55.1 Å². The maximum atomic E-state index is 12.8. The Morgan fingerprint density at radius 1 is 1.38 bits per heavy atom. The van der Waals surface area contributed by atoms with Crippen LogP contribution in [0.15, 0.2) is 60.2 Å². The van der Waals surface area contributed by atoms with Crippen LogP contribution in [0.25, 0.3) is 11.1 Å². The molecule has 2 aromatic rings. The molecule has 0 unspecified atom stereocenters. The van der Waals surface area contributed by atoms with E-state index in [4.69, 9.17) is 16.1 Å². The maximum absolute atomic E-state index is 12.8. The van der Waals surface area contributed by atoms with E-state index < -0.39 is 0 Å². The average Bonchev–Trinajstić information content (AvgIpc) is 2.98. The van der Waals surface area contributed by atoms with Crippen LogP contribution >= 0.6 is 11.6 Å². The Morgan fingerprint density at radius 2 is 2.21 bits per heavy atom. The van der Waals surface area contributed by atoms with Crippen molar-refractivity contribution in [2.45, 2.75) is 32.6 Å². The van der Waals surface area contributed by atoms with E-state index in [1.165, 1.54) is 16.7 Å². The normalized spacial score (nSPS) is 13.9. The summed E-state index contributed by atoms with van der Waals surface area (Å²) >= 11 is 6.22. The second-order valence-corrected chi connectivity index (χ2v) is 7.40. The van der Waals surface area contributed by atoms with Gasteiger partial charge in [-0.3, -0.25) is 4.79 Å². The van der Waals surface area contributed by atoms with Gasteiger partial charge in [0.05, 0.1) is 5.69 Å². The van der Waals surface area contributed by atoms with E-state index >= 15 is 0 Å². The van der Waals surface area contributed by atoms with Crippen molar-refractivity contribution >= 4 is 28.7 Å². The number of hydrogen-bond donors (Lipinski definition) is 1. The van der Waals surface area contributed by atoms with E-state index in [0.29, 0.717) is 29.1 Å². The number of aromatic nitrogens is 1. The zero-order valence-corrected chi connectivity index (χ0v) is 17.4. The van der Waals surface area contributed by atoms with Crippen LogP contribution in [-0.2, 0) is 6.42 Å². The molecule has 1 aromatic carbocycles. The highest BCUT2D eigenvalue weighted by molar-refractivity contribution is 6.30. The van der Waals surface area contributed by atoms with Gasteiger partial charge in [0.25, 0.3) is 5.91 Å².